The maximum Gasteiger partial charge on any atom is 0.326 e. The van der Waals surface area contributed by atoms with Gasteiger partial charge in [0.25, 0.3) is 0 Å². The molecule has 6 heteroatoms. The van der Waals surface area contributed by atoms with E-state index in [-0.39, 0.29) is 5.92 Å². The number of nitrogens with one attached hydrogen (secondary N) is 2. The summed E-state index contributed by atoms with van der Waals surface area (Å²) < 4.78 is 0. The monoisotopic (exact) mass is 284 g/mol. The van der Waals surface area contributed by atoms with Crippen molar-refractivity contribution in [3.8, 4) is 0 Å². The lowest BCUT2D eigenvalue weighted by Crippen LogP contribution is -2.48. The van der Waals surface area contributed by atoms with Gasteiger partial charge >= 0.3 is 12.0 Å². The van der Waals surface area contributed by atoms with Crippen molar-refractivity contribution >= 4 is 23.6 Å². The van der Waals surface area contributed by atoms with Crippen LogP contribution < -0.4 is 10.6 Å². The van der Waals surface area contributed by atoms with Crippen LogP contribution >= 0.6 is 11.6 Å². The Morgan fingerprint density at radius 2 is 1.84 bits per heavy atom. The molecule has 0 saturated carbocycles. The van der Waals surface area contributed by atoms with Crippen LogP contribution in [0.5, 0.6) is 0 Å². The van der Waals surface area contributed by atoms with E-state index in [9.17, 15) is 9.59 Å². The van der Waals surface area contributed by atoms with Crippen molar-refractivity contribution < 1.29 is 14.7 Å². The first-order valence-corrected chi connectivity index (χ1v) is 6.29. The summed E-state index contributed by atoms with van der Waals surface area (Å²) >= 11 is 5.75. The van der Waals surface area contributed by atoms with Crippen molar-refractivity contribution in [1.82, 2.24) is 10.6 Å². The van der Waals surface area contributed by atoms with Crippen molar-refractivity contribution in [1.29, 1.82) is 0 Å². The average molecular weight is 285 g/mol. The van der Waals surface area contributed by atoms with E-state index in [0.29, 0.717) is 11.6 Å². The van der Waals surface area contributed by atoms with Gasteiger partial charge in [-0.05, 0) is 23.6 Å². The Kier molecular flexibility index (Phi) is 5.63. The summed E-state index contributed by atoms with van der Waals surface area (Å²) in [4.78, 5) is 22.5. The third-order valence-corrected chi connectivity index (χ3v) is 2.84. The fourth-order valence-electron chi connectivity index (χ4n) is 1.49. The first-order chi connectivity index (χ1) is 8.90. The smallest absolute Gasteiger partial charge is 0.326 e. The number of halogens is 1. The molecule has 0 bridgehead atoms. The number of hydrogen-bond donors (Lipinski definition) is 3. The second-order valence-corrected chi connectivity index (χ2v) is 4.95. The summed E-state index contributed by atoms with van der Waals surface area (Å²) in [5, 5.41) is 14.6. The van der Waals surface area contributed by atoms with Crippen molar-refractivity contribution in [3.63, 3.8) is 0 Å². The van der Waals surface area contributed by atoms with Crippen LogP contribution in [0.1, 0.15) is 19.4 Å². The number of carbonyl (C=O) groups excluding carboxylic acids is 1. The molecule has 0 spiro atoms. The van der Waals surface area contributed by atoms with Gasteiger partial charge < -0.3 is 15.7 Å². The predicted octanol–water partition coefficient (Wildman–Crippen LogP) is 2.25. The molecule has 1 rings (SSSR count). The van der Waals surface area contributed by atoms with Crippen molar-refractivity contribution in [3.05, 3.63) is 34.9 Å². The molecule has 0 heterocycles. The van der Waals surface area contributed by atoms with E-state index in [2.05, 4.69) is 10.6 Å². The van der Waals surface area contributed by atoms with Crippen LogP contribution in [0.25, 0.3) is 0 Å². The molecule has 0 aliphatic carbocycles. The molecule has 1 atom stereocenters. The number of carboxylic acid groups (broad SMARTS) is 1. The minimum atomic E-state index is -1.04. The molecule has 19 heavy (non-hydrogen) atoms. The summed E-state index contributed by atoms with van der Waals surface area (Å²) in [7, 11) is 0. The molecule has 5 nitrogen and oxygen atoms in total. The minimum Gasteiger partial charge on any atom is -0.480 e. The summed E-state index contributed by atoms with van der Waals surface area (Å²) in [5.74, 6) is -1.23. The Labute approximate surface area is 117 Å². The van der Waals surface area contributed by atoms with Crippen LogP contribution in [0.4, 0.5) is 4.79 Å². The number of amides is 2. The zero-order valence-corrected chi connectivity index (χ0v) is 11.6. The van der Waals surface area contributed by atoms with E-state index in [1.165, 1.54) is 0 Å². The number of aliphatic carboxylic acids is 1. The molecule has 0 aliphatic heterocycles. The highest BCUT2D eigenvalue weighted by molar-refractivity contribution is 6.30. The molecule has 104 valence electrons. The fourth-order valence-corrected chi connectivity index (χ4v) is 1.62. The summed E-state index contributed by atoms with van der Waals surface area (Å²) in [5.41, 5.74) is 0.885. The third-order valence-electron chi connectivity index (χ3n) is 2.59. The highest BCUT2D eigenvalue weighted by Crippen LogP contribution is 2.09. The van der Waals surface area contributed by atoms with Crippen LogP contribution in [-0.2, 0) is 11.3 Å². The van der Waals surface area contributed by atoms with Gasteiger partial charge in [-0.3, -0.25) is 0 Å². The zero-order chi connectivity index (χ0) is 14.4. The van der Waals surface area contributed by atoms with Crippen molar-refractivity contribution in [2.24, 2.45) is 5.92 Å². The topological polar surface area (TPSA) is 78.4 Å². The molecule has 1 aromatic rings. The van der Waals surface area contributed by atoms with Gasteiger partial charge in [-0.1, -0.05) is 37.6 Å². The van der Waals surface area contributed by atoms with Crippen LogP contribution in [0.2, 0.25) is 5.02 Å². The van der Waals surface area contributed by atoms with E-state index >= 15 is 0 Å². The second-order valence-electron chi connectivity index (χ2n) is 4.51. The number of urea groups is 1. The van der Waals surface area contributed by atoms with Gasteiger partial charge in [0.05, 0.1) is 0 Å². The minimum absolute atomic E-state index is 0.182. The Morgan fingerprint density at radius 1 is 1.26 bits per heavy atom. The van der Waals surface area contributed by atoms with Gasteiger partial charge in [0.1, 0.15) is 6.04 Å². The molecule has 0 unspecified atom stereocenters. The summed E-state index contributed by atoms with van der Waals surface area (Å²) in [6, 6.07) is 5.63. The van der Waals surface area contributed by atoms with Gasteiger partial charge in [-0.2, -0.15) is 0 Å². The number of carbonyl (C=O) groups is 2. The largest absolute Gasteiger partial charge is 0.480 e. The molecular weight excluding hydrogens is 268 g/mol. The van der Waals surface area contributed by atoms with Crippen molar-refractivity contribution in [2.45, 2.75) is 26.4 Å². The SMILES string of the molecule is CC(C)[C@H](NC(=O)NCc1ccc(Cl)cc1)C(=O)O. The van der Waals surface area contributed by atoms with Gasteiger partial charge in [0.2, 0.25) is 0 Å². The van der Waals surface area contributed by atoms with Crippen LogP contribution in [0.3, 0.4) is 0 Å². The van der Waals surface area contributed by atoms with Gasteiger partial charge in [-0.25, -0.2) is 9.59 Å². The molecular formula is C13H17ClN2O3. The Balaban J connectivity index is 2.47. The van der Waals surface area contributed by atoms with Crippen LogP contribution in [-0.4, -0.2) is 23.1 Å². The van der Waals surface area contributed by atoms with E-state index < -0.39 is 18.0 Å². The standard InChI is InChI=1S/C13H17ClN2O3/c1-8(2)11(12(17)18)16-13(19)15-7-9-3-5-10(14)6-4-9/h3-6,8,11H,7H2,1-2H3,(H,17,18)(H2,15,16,19)/t11-/m0/s1. The Hall–Kier alpha value is -1.75. The maximum atomic E-state index is 11.6. The quantitative estimate of drug-likeness (QED) is 0.776. The lowest BCUT2D eigenvalue weighted by molar-refractivity contribution is -0.140. The summed E-state index contributed by atoms with van der Waals surface area (Å²) in [6.45, 7) is 3.78. The highest BCUT2D eigenvalue weighted by Gasteiger charge is 2.23. The number of rotatable bonds is 5. The predicted molar refractivity (Wildman–Crippen MR) is 73.1 cm³/mol. The van der Waals surface area contributed by atoms with Gasteiger partial charge in [-0.15, -0.1) is 0 Å². The molecule has 0 aliphatic rings. The normalized spacial score (nSPS) is 12.0. The molecule has 2 amide bonds. The average Bonchev–Trinajstić information content (AvgIpc) is 2.34. The summed E-state index contributed by atoms with van der Waals surface area (Å²) in [6.07, 6.45) is 0. The maximum absolute atomic E-state index is 11.6. The Morgan fingerprint density at radius 3 is 2.32 bits per heavy atom. The fraction of sp³-hybridized carbons (Fsp3) is 0.385. The molecule has 1 aromatic carbocycles. The zero-order valence-electron chi connectivity index (χ0n) is 10.8. The Bertz CT molecular complexity index is 446. The van der Waals surface area contributed by atoms with Crippen molar-refractivity contribution in [2.75, 3.05) is 0 Å². The highest BCUT2D eigenvalue weighted by atomic mass is 35.5. The van der Waals surface area contributed by atoms with Gasteiger partial charge in [0, 0.05) is 11.6 Å². The van der Waals surface area contributed by atoms with Crippen LogP contribution in [0.15, 0.2) is 24.3 Å². The van der Waals surface area contributed by atoms with E-state index in [1.54, 1.807) is 38.1 Å². The number of hydrogen-bond acceptors (Lipinski definition) is 2. The lowest BCUT2D eigenvalue weighted by Gasteiger charge is -2.18. The van der Waals surface area contributed by atoms with Crippen LogP contribution in [0, 0.1) is 5.92 Å². The molecule has 3 N–H and O–H groups in total. The van der Waals surface area contributed by atoms with E-state index in [0.717, 1.165) is 5.56 Å². The molecule has 0 saturated heterocycles. The van der Waals surface area contributed by atoms with Gasteiger partial charge in [0.15, 0.2) is 0 Å². The first kappa shape index (κ1) is 15.3. The molecule has 0 radical (unpaired) electrons. The number of benzene rings is 1. The van der Waals surface area contributed by atoms with E-state index in [4.69, 9.17) is 16.7 Å². The number of carboxylic acids is 1. The lowest BCUT2D eigenvalue weighted by atomic mass is 10.1. The van der Waals surface area contributed by atoms with E-state index in [1.807, 2.05) is 0 Å². The molecule has 0 fully saturated rings. The second kappa shape index (κ2) is 6.99. The first-order valence-electron chi connectivity index (χ1n) is 5.91. The molecule has 0 aromatic heterocycles. The third kappa shape index (κ3) is 5.18.